The summed E-state index contributed by atoms with van der Waals surface area (Å²) in [5.41, 5.74) is 2.32. The summed E-state index contributed by atoms with van der Waals surface area (Å²) in [6.45, 7) is 6.21. The summed E-state index contributed by atoms with van der Waals surface area (Å²) in [5.74, 6) is 1.52. The normalized spacial score (nSPS) is 11.8. The third-order valence-corrected chi connectivity index (χ3v) is 5.05. The molecule has 142 valence electrons. The fraction of sp³-hybridized carbons (Fsp3) is 0.211. The molecule has 0 aliphatic carbocycles. The van der Waals surface area contributed by atoms with E-state index < -0.39 is 11.0 Å². The third kappa shape index (κ3) is 3.90. The molecule has 0 spiro atoms. The van der Waals surface area contributed by atoms with E-state index in [-0.39, 0.29) is 0 Å². The standard InChI is InChI=1S/C19H21N3O4S/c1-5-8-20-14-11-15-13(10-16(14)24-3)19(21-26-15)22-27(23)18-7-6-12(2)9-17(18)25-4/h5-7,9-11,20H,1,8H2,2-4H3,(H,21,22). The van der Waals surface area contributed by atoms with Gasteiger partial charge in [-0.15, -0.1) is 6.58 Å². The second-order valence-corrected chi connectivity index (χ2v) is 6.96. The van der Waals surface area contributed by atoms with Gasteiger partial charge < -0.3 is 19.3 Å². The summed E-state index contributed by atoms with van der Waals surface area (Å²) < 4.78 is 31.8. The molecule has 1 heterocycles. The first kappa shape index (κ1) is 18.8. The molecule has 2 aromatic carbocycles. The van der Waals surface area contributed by atoms with Crippen molar-refractivity contribution in [3.8, 4) is 11.5 Å². The van der Waals surface area contributed by atoms with Crippen LogP contribution in [0.3, 0.4) is 0 Å². The molecule has 1 atom stereocenters. The van der Waals surface area contributed by atoms with Crippen LogP contribution in [0.25, 0.3) is 11.0 Å². The summed E-state index contributed by atoms with van der Waals surface area (Å²) in [4.78, 5) is 0.524. The van der Waals surface area contributed by atoms with Gasteiger partial charge in [0.25, 0.3) is 0 Å². The van der Waals surface area contributed by atoms with E-state index >= 15 is 0 Å². The number of nitrogens with one attached hydrogen (secondary N) is 2. The van der Waals surface area contributed by atoms with Gasteiger partial charge in [0.05, 0.1) is 25.3 Å². The second-order valence-electron chi connectivity index (χ2n) is 5.77. The van der Waals surface area contributed by atoms with Gasteiger partial charge in [-0.25, -0.2) is 4.21 Å². The minimum atomic E-state index is -1.57. The molecule has 27 heavy (non-hydrogen) atoms. The smallest absolute Gasteiger partial charge is 0.189 e. The molecule has 3 aromatic rings. The van der Waals surface area contributed by atoms with Gasteiger partial charge in [-0.05, 0) is 30.7 Å². The fourth-order valence-corrected chi connectivity index (χ4v) is 3.55. The van der Waals surface area contributed by atoms with Crippen LogP contribution in [-0.4, -0.2) is 30.1 Å². The molecule has 0 aliphatic heterocycles. The Bertz CT molecular complexity index is 1000. The zero-order valence-corrected chi connectivity index (χ0v) is 16.2. The molecule has 0 aliphatic rings. The van der Waals surface area contributed by atoms with Crippen molar-refractivity contribution in [3.05, 3.63) is 48.6 Å². The van der Waals surface area contributed by atoms with Gasteiger partial charge in [-0.2, -0.15) is 0 Å². The van der Waals surface area contributed by atoms with E-state index in [1.54, 1.807) is 38.5 Å². The first-order chi connectivity index (χ1) is 13.1. The van der Waals surface area contributed by atoms with E-state index in [1.807, 2.05) is 19.1 Å². The van der Waals surface area contributed by atoms with Crippen LogP contribution in [0.2, 0.25) is 0 Å². The van der Waals surface area contributed by atoms with Crippen molar-refractivity contribution < 1.29 is 18.2 Å². The molecule has 0 radical (unpaired) electrons. The summed E-state index contributed by atoms with van der Waals surface area (Å²) in [7, 11) is 1.55. The number of aryl methyl sites for hydroxylation is 1. The number of hydrogen-bond donors (Lipinski definition) is 2. The Balaban J connectivity index is 1.93. The van der Waals surface area contributed by atoms with E-state index in [1.165, 1.54) is 0 Å². The Kier molecular flexibility index (Phi) is 5.66. The van der Waals surface area contributed by atoms with E-state index in [4.69, 9.17) is 14.0 Å². The second kappa shape index (κ2) is 8.13. The number of rotatable bonds is 8. The quantitative estimate of drug-likeness (QED) is 0.571. The Morgan fingerprint density at radius 3 is 2.70 bits per heavy atom. The Labute approximate surface area is 159 Å². The van der Waals surface area contributed by atoms with Crippen LogP contribution in [0.1, 0.15) is 5.56 Å². The monoisotopic (exact) mass is 387 g/mol. The van der Waals surface area contributed by atoms with Crippen LogP contribution in [0.15, 0.2) is 52.4 Å². The number of methoxy groups -OCH3 is 2. The number of aromatic nitrogens is 1. The predicted octanol–water partition coefficient (Wildman–Crippen LogP) is 3.89. The molecule has 2 N–H and O–H groups in total. The number of hydrogen-bond acceptors (Lipinski definition) is 6. The molecule has 0 saturated heterocycles. The number of anilines is 2. The molecular formula is C19H21N3O4S. The average Bonchev–Trinajstić information content (AvgIpc) is 3.06. The van der Waals surface area contributed by atoms with Crippen LogP contribution in [0.5, 0.6) is 11.5 Å². The lowest BCUT2D eigenvalue weighted by Crippen LogP contribution is -2.07. The van der Waals surface area contributed by atoms with Crippen LogP contribution in [-0.2, 0) is 11.0 Å². The topological polar surface area (TPSA) is 85.6 Å². The van der Waals surface area contributed by atoms with E-state index in [0.717, 1.165) is 11.3 Å². The Morgan fingerprint density at radius 1 is 1.22 bits per heavy atom. The van der Waals surface area contributed by atoms with Gasteiger partial charge in [0.15, 0.2) is 22.4 Å². The maximum atomic E-state index is 12.8. The molecule has 8 heteroatoms. The Hall–Kier alpha value is -3.00. The Morgan fingerprint density at radius 2 is 2.00 bits per heavy atom. The molecule has 1 aromatic heterocycles. The van der Waals surface area contributed by atoms with Gasteiger partial charge in [0.2, 0.25) is 0 Å². The lowest BCUT2D eigenvalue weighted by molar-refractivity contribution is 0.403. The maximum absolute atomic E-state index is 12.8. The molecule has 0 bridgehead atoms. The number of nitrogens with zero attached hydrogens (tertiary/aromatic N) is 1. The van der Waals surface area contributed by atoms with Crippen molar-refractivity contribution >= 4 is 33.5 Å². The summed E-state index contributed by atoms with van der Waals surface area (Å²) in [6.07, 6.45) is 1.75. The average molecular weight is 387 g/mol. The molecular weight excluding hydrogens is 366 g/mol. The lowest BCUT2D eigenvalue weighted by atomic mass is 10.2. The summed E-state index contributed by atoms with van der Waals surface area (Å²) in [5, 5.41) is 7.84. The van der Waals surface area contributed by atoms with Gasteiger partial charge in [-0.1, -0.05) is 17.3 Å². The van der Waals surface area contributed by atoms with Crippen molar-refractivity contribution in [1.29, 1.82) is 0 Å². The van der Waals surface area contributed by atoms with Gasteiger partial charge in [0.1, 0.15) is 16.4 Å². The number of fused-ring (bicyclic) bond motifs is 1. The zero-order chi connectivity index (χ0) is 19.4. The first-order valence-corrected chi connectivity index (χ1v) is 9.37. The van der Waals surface area contributed by atoms with Crippen LogP contribution in [0, 0.1) is 6.92 Å². The highest BCUT2D eigenvalue weighted by Gasteiger charge is 2.17. The lowest BCUT2D eigenvalue weighted by Gasteiger charge is -2.11. The van der Waals surface area contributed by atoms with E-state index in [9.17, 15) is 4.21 Å². The molecule has 0 fully saturated rings. The molecule has 1 unspecified atom stereocenters. The highest BCUT2D eigenvalue weighted by atomic mass is 32.2. The van der Waals surface area contributed by atoms with Gasteiger partial charge in [-0.3, -0.25) is 4.72 Å². The SMILES string of the molecule is C=CCNc1cc2onc(NS(=O)c3ccc(C)cc3OC)c2cc1OC. The maximum Gasteiger partial charge on any atom is 0.189 e. The highest BCUT2D eigenvalue weighted by Crippen LogP contribution is 2.34. The van der Waals surface area contributed by atoms with Crippen molar-refractivity contribution in [1.82, 2.24) is 5.16 Å². The zero-order valence-electron chi connectivity index (χ0n) is 15.4. The number of ether oxygens (including phenoxy) is 2. The van der Waals surface area contributed by atoms with Crippen molar-refractivity contribution in [2.45, 2.75) is 11.8 Å². The van der Waals surface area contributed by atoms with Gasteiger partial charge >= 0.3 is 0 Å². The molecule has 3 rings (SSSR count). The van der Waals surface area contributed by atoms with Crippen molar-refractivity contribution in [2.75, 3.05) is 30.8 Å². The first-order valence-electron chi connectivity index (χ1n) is 8.22. The summed E-state index contributed by atoms with van der Waals surface area (Å²) >= 11 is 0. The van der Waals surface area contributed by atoms with Crippen molar-refractivity contribution in [3.63, 3.8) is 0 Å². The third-order valence-electron chi connectivity index (χ3n) is 3.94. The van der Waals surface area contributed by atoms with Crippen LogP contribution >= 0.6 is 0 Å². The largest absolute Gasteiger partial charge is 0.495 e. The van der Waals surface area contributed by atoms with Crippen molar-refractivity contribution in [2.24, 2.45) is 0 Å². The predicted molar refractivity (Wildman–Crippen MR) is 107 cm³/mol. The number of benzene rings is 2. The molecule has 7 nitrogen and oxygen atoms in total. The minimum Gasteiger partial charge on any atom is -0.495 e. The summed E-state index contributed by atoms with van der Waals surface area (Å²) in [6, 6.07) is 9.03. The van der Waals surface area contributed by atoms with E-state index in [0.29, 0.717) is 39.7 Å². The minimum absolute atomic E-state index is 0.361. The van der Waals surface area contributed by atoms with E-state index in [2.05, 4.69) is 21.8 Å². The fourth-order valence-electron chi connectivity index (χ4n) is 2.60. The molecule has 0 saturated carbocycles. The highest BCUT2D eigenvalue weighted by molar-refractivity contribution is 7.86. The van der Waals surface area contributed by atoms with Gasteiger partial charge in [0, 0.05) is 12.6 Å². The van der Waals surface area contributed by atoms with Crippen LogP contribution in [0.4, 0.5) is 11.5 Å². The molecule has 0 amide bonds. The van der Waals surface area contributed by atoms with Crippen LogP contribution < -0.4 is 19.5 Å².